The first-order valence-electron chi connectivity index (χ1n) is 22.3. The first kappa shape index (κ1) is 57.6. The van der Waals surface area contributed by atoms with E-state index >= 15 is 0 Å². The molecule has 3 rings (SSSR count). The Bertz CT molecular complexity index is 2280. The number of hydrogen-bond donors (Lipinski definition) is 16. The fourth-order valence-electron chi connectivity index (χ4n) is 6.61. The molecule has 0 aliphatic heterocycles. The van der Waals surface area contributed by atoms with Gasteiger partial charge in [0.1, 0.15) is 59.8 Å². The first-order chi connectivity index (χ1) is 33.5. The predicted molar refractivity (Wildman–Crippen MR) is 249 cm³/mol. The molecule has 8 amide bonds. The smallest absolute Gasteiger partial charge is 0.325 e. The number of benzene rings is 2. The lowest BCUT2D eigenvalue weighted by atomic mass is 9.99. The van der Waals surface area contributed by atoms with Crippen LogP contribution in [0.4, 0.5) is 0 Å². The van der Waals surface area contributed by atoms with Gasteiger partial charge in [-0.2, -0.15) is 0 Å². The Morgan fingerprint density at radius 1 is 0.592 bits per heavy atom. The molecule has 2 aromatic carbocycles. The number of nitrogens with two attached hydrogens (primary N) is 1. The summed E-state index contributed by atoms with van der Waals surface area (Å²) in [7, 11) is 0. The van der Waals surface area contributed by atoms with E-state index in [1.807, 2.05) is 0 Å². The average Bonchev–Trinajstić information content (AvgIpc) is 3.84. The zero-order valence-corrected chi connectivity index (χ0v) is 39.4. The Hall–Kier alpha value is -7.68. The van der Waals surface area contributed by atoms with Gasteiger partial charge in [0.25, 0.3) is 0 Å². The number of aliphatic hydroxyl groups excluding tert-OH is 3. The van der Waals surface area contributed by atoms with Gasteiger partial charge >= 0.3 is 5.97 Å². The maximum absolute atomic E-state index is 14.5. The lowest BCUT2D eigenvalue weighted by molar-refractivity contribution is -0.142. The number of rotatable bonds is 28. The highest BCUT2D eigenvalue weighted by atomic mass is 16.4. The molecule has 1 aromatic heterocycles. The van der Waals surface area contributed by atoms with E-state index in [0.717, 1.165) is 0 Å². The molecule has 388 valence electrons. The zero-order chi connectivity index (χ0) is 52.9. The van der Waals surface area contributed by atoms with Crippen LogP contribution in [0.25, 0.3) is 0 Å². The molecule has 0 saturated carbocycles. The van der Waals surface area contributed by atoms with E-state index in [-0.39, 0.29) is 43.1 Å². The van der Waals surface area contributed by atoms with Crippen molar-refractivity contribution >= 4 is 53.2 Å². The Morgan fingerprint density at radius 2 is 1.06 bits per heavy atom. The monoisotopic (exact) mass is 997 g/mol. The average molecular weight is 998 g/mol. The molecule has 0 saturated heterocycles. The van der Waals surface area contributed by atoms with Crippen molar-refractivity contribution in [1.82, 2.24) is 52.5 Å². The van der Waals surface area contributed by atoms with Gasteiger partial charge in [-0.3, -0.25) is 43.2 Å². The van der Waals surface area contributed by atoms with Crippen molar-refractivity contribution in [2.75, 3.05) is 19.8 Å². The number of carboxylic acid groups (broad SMARTS) is 1. The van der Waals surface area contributed by atoms with Crippen LogP contribution < -0.4 is 48.3 Å². The van der Waals surface area contributed by atoms with E-state index in [9.17, 15) is 68.7 Å². The second kappa shape index (κ2) is 28.1. The van der Waals surface area contributed by atoms with Crippen LogP contribution in [0.1, 0.15) is 50.9 Å². The number of imidazole rings is 1. The number of aromatic hydroxyl groups is 2. The van der Waals surface area contributed by atoms with Gasteiger partial charge in [-0.1, -0.05) is 38.1 Å². The first-order valence-corrected chi connectivity index (χ1v) is 22.3. The van der Waals surface area contributed by atoms with E-state index in [1.54, 1.807) is 13.8 Å². The van der Waals surface area contributed by atoms with Crippen LogP contribution in [0.2, 0.25) is 0 Å². The minimum Gasteiger partial charge on any atom is -0.508 e. The highest BCUT2D eigenvalue weighted by molar-refractivity contribution is 5.98. The summed E-state index contributed by atoms with van der Waals surface area (Å²) in [5.41, 5.74) is 6.71. The molecule has 3 aromatic rings. The molecule has 0 unspecified atom stereocenters. The van der Waals surface area contributed by atoms with E-state index in [4.69, 9.17) is 10.8 Å². The zero-order valence-electron chi connectivity index (χ0n) is 39.4. The Kier molecular flexibility index (Phi) is 22.8. The fraction of sp³-hybridized carbons (Fsp3) is 0.467. The van der Waals surface area contributed by atoms with Crippen molar-refractivity contribution in [3.8, 4) is 11.5 Å². The van der Waals surface area contributed by atoms with Gasteiger partial charge in [-0.15, -0.1) is 0 Å². The SMILES string of the molecule is CC(C)C[C@H](NC(=O)[C@H](CO)NC(=O)[C@@H](N)CO)C(=O)N[C@@H](Cc1ccc(O)cc1)C(=O)N[C@@H](Cc1ccc(O)cc1)C(=O)N[C@@H](Cc1cnc[nH]1)C(=O)NCC(=O)N[C@H](C(=O)N[C@@H](C)C(=O)O)[C@@H](C)O. The number of nitrogens with zero attached hydrogens (tertiary/aromatic N) is 1. The van der Waals surface area contributed by atoms with E-state index in [0.29, 0.717) is 16.8 Å². The molecule has 0 fully saturated rings. The van der Waals surface area contributed by atoms with E-state index < -0.39 is 127 Å². The second-order valence-electron chi connectivity index (χ2n) is 17.0. The van der Waals surface area contributed by atoms with Crippen molar-refractivity contribution < 1.29 is 73.8 Å². The van der Waals surface area contributed by atoms with Gasteiger partial charge < -0.3 is 83.9 Å². The highest BCUT2D eigenvalue weighted by Crippen LogP contribution is 2.15. The summed E-state index contributed by atoms with van der Waals surface area (Å²) in [6, 6.07) is -0.692. The number of aromatic nitrogens is 2. The summed E-state index contributed by atoms with van der Waals surface area (Å²) in [5, 5.41) is 77.6. The molecular weight excluding hydrogens is 935 g/mol. The summed E-state index contributed by atoms with van der Waals surface area (Å²) in [6.45, 7) is 3.34. The van der Waals surface area contributed by atoms with Crippen LogP contribution in [0.5, 0.6) is 11.5 Å². The number of hydrogen-bond acceptors (Lipinski definition) is 16. The van der Waals surface area contributed by atoms with Gasteiger partial charge in [0.15, 0.2) is 0 Å². The summed E-state index contributed by atoms with van der Waals surface area (Å²) in [5.74, 6) is -9.53. The number of H-pyrrole nitrogens is 1. The number of phenols is 2. The quantitative estimate of drug-likeness (QED) is 0.0325. The molecule has 26 heteroatoms. The normalized spacial score (nSPS) is 14.9. The molecule has 0 radical (unpaired) electrons. The molecule has 0 bridgehead atoms. The minimum absolute atomic E-state index is 0.0107. The molecule has 9 atom stereocenters. The third-order valence-electron chi connectivity index (χ3n) is 10.6. The van der Waals surface area contributed by atoms with Crippen LogP contribution in [0.15, 0.2) is 61.1 Å². The van der Waals surface area contributed by atoms with Crippen molar-refractivity contribution in [3.63, 3.8) is 0 Å². The number of phenolic OH excluding ortho intramolecular Hbond substituents is 2. The van der Waals surface area contributed by atoms with Crippen LogP contribution in [-0.4, -0.2) is 168 Å². The number of carbonyl (C=O) groups is 9. The topological polar surface area (TPSA) is 426 Å². The number of carboxylic acids is 1. The maximum Gasteiger partial charge on any atom is 0.325 e. The molecule has 17 N–H and O–H groups in total. The number of amides is 8. The van der Waals surface area contributed by atoms with Gasteiger partial charge in [-0.25, -0.2) is 4.98 Å². The molecule has 71 heavy (non-hydrogen) atoms. The maximum atomic E-state index is 14.5. The summed E-state index contributed by atoms with van der Waals surface area (Å²) in [6.07, 6.45) is 0.400. The number of aliphatic carboxylic acids is 1. The summed E-state index contributed by atoms with van der Waals surface area (Å²) >= 11 is 0. The summed E-state index contributed by atoms with van der Waals surface area (Å²) in [4.78, 5) is 126. The number of nitrogens with one attached hydrogen (secondary N) is 9. The molecule has 26 nitrogen and oxygen atoms in total. The Morgan fingerprint density at radius 3 is 1.49 bits per heavy atom. The van der Waals surface area contributed by atoms with Crippen molar-refractivity contribution in [2.24, 2.45) is 11.7 Å². The van der Waals surface area contributed by atoms with Crippen LogP contribution in [-0.2, 0) is 62.4 Å². The largest absolute Gasteiger partial charge is 0.508 e. The van der Waals surface area contributed by atoms with Gasteiger partial charge in [0.05, 0.1) is 32.2 Å². The van der Waals surface area contributed by atoms with Gasteiger partial charge in [0, 0.05) is 31.2 Å². The van der Waals surface area contributed by atoms with Crippen molar-refractivity contribution in [3.05, 3.63) is 77.9 Å². The summed E-state index contributed by atoms with van der Waals surface area (Å²) < 4.78 is 0. The van der Waals surface area contributed by atoms with Crippen LogP contribution >= 0.6 is 0 Å². The predicted octanol–water partition coefficient (Wildman–Crippen LogP) is -4.80. The lowest BCUT2D eigenvalue weighted by Gasteiger charge is -2.28. The van der Waals surface area contributed by atoms with Crippen molar-refractivity contribution in [2.45, 2.75) is 108 Å². The molecule has 0 aliphatic rings. The Balaban J connectivity index is 1.94. The number of carbonyl (C=O) groups excluding carboxylic acids is 8. The van der Waals surface area contributed by atoms with Gasteiger partial charge in [0.2, 0.25) is 47.3 Å². The Labute approximate surface area is 407 Å². The van der Waals surface area contributed by atoms with Crippen LogP contribution in [0, 0.1) is 5.92 Å². The second-order valence-corrected chi connectivity index (χ2v) is 17.0. The fourth-order valence-corrected chi connectivity index (χ4v) is 6.61. The standard InChI is InChI=1S/C45H63N11O15/c1-22(2)13-31(51-43(68)35(20-58)55-38(63)30(46)19-57)40(65)52-32(14-25-5-9-28(60)10-6-25)41(66)53-33(15-26-7-11-29(61)12-8-26)42(67)54-34(16-27-17-47-21-49-27)39(64)48-18-36(62)56-37(24(4)59)44(69)50-23(3)45(70)71/h5-12,17,21-24,30-35,37,57-61H,13-16,18-20,46H2,1-4H3,(H,47,49)(H,48,64)(H,50,69)(H,51,68)(H,52,65)(H,53,66)(H,54,67)(H,55,63)(H,56,62)(H,70,71)/t23-,24+,30-,31-,32-,33-,34-,35-,37-/m0/s1. The van der Waals surface area contributed by atoms with E-state index in [2.05, 4.69) is 52.5 Å². The minimum atomic E-state index is -1.62. The number of aromatic amines is 1. The van der Waals surface area contributed by atoms with E-state index in [1.165, 1.54) is 74.9 Å². The molecule has 1 heterocycles. The third-order valence-corrected chi connectivity index (χ3v) is 10.6. The lowest BCUT2D eigenvalue weighted by Crippen LogP contribution is -2.61. The highest BCUT2D eigenvalue weighted by Gasteiger charge is 2.34. The number of aliphatic hydroxyl groups is 3. The van der Waals surface area contributed by atoms with Crippen molar-refractivity contribution in [1.29, 1.82) is 0 Å². The molecule has 0 spiro atoms. The van der Waals surface area contributed by atoms with Crippen LogP contribution in [0.3, 0.4) is 0 Å². The molecule has 0 aliphatic carbocycles. The molecular formula is C45H63N11O15. The van der Waals surface area contributed by atoms with Gasteiger partial charge in [-0.05, 0) is 61.6 Å². The third kappa shape index (κ3) is 19.3.